The van der Waals surface area contributed by atoms with E-state index in [0.29, 0.717) is 5.91 Å². The van der Waals surface area contributed by atoms with Crippen LogP contribution in [0.4, 0.5) is 0 Å². The van der Waals surface area contributed by atoms with E-state index in [1.165, 1.54) is 6.42 Å². The Bertz CT molecular complexity index is 303. The van der Waals surface area contributed by atoms with E-state index in [-0.39, 0.29) is 23.4 Å². The molecule has 2 rings (SSSR count). The molecule has 2 aliphatic rings. The zero-order valence-electron chi connectivity index (χ0n) is 11.4. The van der Waals surface area contributed by atoms with Gasteiger partial charge in [0.1, 0.15) is 0 Å². The zero-order valence-corrected chi connectivity index (χ0v) is 11.4. The number of carbonyl (C=O) groups is 1. The van der Waals surface area contributed by atoms with Gasteiger partial charge in [-0.15, -0.1) is 0 Å². The van der Waals surface area contributed by atoms with Crippen LogP contribution in [-0.4, -0.2) is 29.4 Å². The lowest BCUT2D eigenvalue weighted by Crippen LogP contribution is -2.52. The van der Waals surface area contributed by atoms with Gasteiger partial charge in [0.15, 0.2) is 0 Å². The number of hydrogen-bond acceptors (Lipinski definition) is 2. The molecule has 1 saturated carbocycles. The van der Waals surface area contributed by atoms with Crippen molar-refractivity contribution in [3.05, 3.63) is 0 Å². The highest BCUT2D eigenvalue weighted by Crippen LogP contribution is 2.55. The van der Waals surface area contributed by atoms with Crippen molar-refractivity contribution >= 4 is 5.91 Å². The second-order valence-electron chi connectivity index (χ2n) is 6.22. The first-order chi connectivity index (χ1) is 7.99. The Labute approximate surface area is 105 Å². The lowest BCUT2D eigenvalue weighted by Gasteiger charge is -2.38. The van der Waals surface area contributed by atoms with Crippen molar-refractivity contribution < 1.29 is 4.79 Å². The van der Waals surface area contributed by atoms with E-state index in [1.807, 2.05) is 6.92 Å². The van der Waals surface area contributed by atoms with Crippen LogP contribution >= 0.6 is 0 Å². The Balaban J connectivity index is 2.03. The normalized spacial score (nSPS) is 38.9. The minimum absolute atomic E-state index is 0.103. The lowest BCUT2D eigenvalue weighted by atomic mass is 9.95. The first-order valence-corrected chi connectivity index (χ1v) is 7.05. The van der Waals surface area contributed by atoms with Crippen molar-refractivity contribution in [1.29, 1.82) is 0 Å². The Hall–Kier alpha value is -0.570. The molecule has 4 unspecified atom stereocenters. The molecule has 0 aromatic rings. The Kier molecular flexibility index (Phi) is 3.48. The summed E-state index contributed by atoms with van der Waals surface area (Å²) in [4.78, 5) is 14.6. The van der Waals surface area contributed by atoms with E-state index in [1.54, 1.807) is 0 Å². The summed E-state index contributed by atoms with van der Waals surface area (Å²) in [5.74, 6) is 0.642. The second kappa shape index (κ2) is 4.60. The maximum absolute atomic E-state index is 12.5. The minimum atomic E-state index is 0.103. The molecule has 1 aliphatic heterocycles. The zero-order chi connectivity index (χ0) is 12.6. The number of piperidine rings is 1. The minimum Gasteiger partial charge on any atom is -0.338 e. The molecule has 3 heteroatoms. The summed E-state index contributed by atoms with van der Waals surface area (Å²) in [7, 11) is 0. The molecule has 0 radical (unpaired) electrons. The Morgan fingerprint density at radius 1 is 1.53 bits per heavy atom. The highest BCUT2D eigenvalue weighted by atomic mass is 16.2. The largest absolute Gasteiger partial charge is 0.338 e. The summed E-state index contributed by atoms with van der Waals surface area (Å²) in [6.45, 7) is 7.37. The SMILES string of the molecule is CCC1(C)CC1C(=O)N1CCCCC1C(C)N. The molecule has 2 N–H and O–H groups in total. The fraction of sp³-hybridized carbons (Fsp3) is 0.929. The summed E-state index contributed by atoms with van der Waals surface area (Å²) in [6, 6.07) is 0.379. The fourth-order valence-electron chi connectivity index (χ4n) is 3.16. The van der Waals surface area contributed by atoms with Gasteiger partial charge in [-0.2, -0.15) is 0 Å². The molecule has 0 aromatic heterocycles. The van der Waals surface area contributed by atoms with E-state index in [2.05, 4.69) is 18.7 Å². The molecule has 17 heavy (non-hydrogen) atoms. The number of nitrogens with two attached hydrogens (primary N) is 1. The molecule has 1 saturated heterocycles. The van der Waals surface area contributed by atoms with Gasteiger partial charge in [-0.05, 0) is 44.4 Å². The van der Waals surface area contributed by atoms with Crippen LogP contribution in [0.5, 0.6) is 0 Å². The third kappa shape index (κ3) is 2.35. The average Bonchev–Trinajstić information content (AvgIpc) is 3.01. The van der Waals surface area contributed by atoms with Crippen molar-refractivity contribution in [2.45, 2.75) is 65.0 Å². The molecule has 0 spiro atoms. The molecular formula is C14H26N2O. The van der Waals surface area contributed by atoms with Crippen LogP contribution in [0.3, 0.4) is 0 Å². The van der Waals surface area contributed by atoms with Crippen molar-refractivity contribution in [2.75, 3.05) is 6.54 Å². The van der Waals surface area contributed by atoms with E-state index in [4.69, 9.17) is 5.73 Å². The van der Waals surface area contributed by atoms with Gasteiger partial charge >= 0.3 is 0 Å². The first kappa shape index (κ1) is 12.9. The first-order valence-electron chi connectivity index (χ1n) is 7.05. The van der Waals surface area contributed by atoms with Crippen LogP contribution in [0.1, 0.15) is 52.9 Å². The van der Waals surface area contributed by atoms with Crippen LogP contribution in [0, 0.1) is 11.3 Å². The molecule has 98 valence electrons. The van der Waals surface area contributed by atoms with Gasteiger partial charge in [0.2, 0.25) is 5.91 Å². The number of rotatable bonds is 3. The van der Waals surface area contributed by atoms with Crippen molar-refractivity contribution in [3.8, 4) is 0 Å². The van der Waals surface area contributed by atoms with Gasteiger partial charge in [-0.1, -0.05) is 13.8 Å². The van der Waals surface area contributed by atoms with Crippen LogP contribution in [-0.2, 0) is 4.79 Å². The molecule has 2 fully saturated rings. The smallest absolute Gasteiger partial charge is 0.226 e. The maximum Gasteiger partial charge on any atom is 0.226 e. The third-order valence-electron chi connectivity index (χ3n) is 4.90. The van der Waals surface area contributed by atoms with E-state index in [0.717, 1.165) is 32.2 Å². The number of carbonyl (C=O) groups excluding carboxylic acids is 1. The van der Waals surface area contributed by atoms with Gasteiger partial charge < -0.3 is 10.6 Å². The standard InChI is InChI=1S/C14H26N2O/c1-4-14(3)9-11(14)13(17)16-8-6-5-7-12(16)10(2)15/h10-12H,4-9,15H2,1-3H3. The molecule has 0 bridgehead atoms. The van der Waals surface area contributed by atoms with Gasteiger partial charge in [0, 0.05) is 24.5 Å². The summed E-state index contributed by atoms with van der Waals surface area (Å²) in [5.41, 5.74) is 6.30. The third-order valence-corrected chi connectivity index (χ3v) is 4.90. The number of amides is 1. The fourth-order valence-corrected chi connectivity index (χ4v) is 3.16. The highest BCUT2D eigenvalue weighted by Gasteiger charge is 2.54. The van der Waals surface area contributed by atoms with Crippen LogP contribution in [0.25, 0.3) is 0 Å². The number of nitrogens with zero attached hydrogens (tertiary/aromatic N) is 1. The Morgan fingerprint density at radius 2 is 2.24 bits per heavy atom. The van der Waals surface area contributed by atoms with Crippen LogP contribution in [0.2, 0.25) is 0 Å². The summed E-state index contributed by atoms with van der Waals surface area (Å²) in [5, 5.41) is 0. The molecule has 4 atom stereocenters. The van der Waals surface area contributed by atoms with Gasteiger partial charge in [-0.25, -0.2) is 0 Å². The molecule has 1 aliphatic carbocycles. The predicted molar refractivity (Wildman–Crippen MR) is 69.5 cm³/mol. The van der Waals surface area contributed by atoms with Gasteiger partial charge in [0.25, 0.3) is 0 Å². The van der Waals surface area contributed by atoms with Gasteiger partial charge in [-0.3, -0.25) is 4.79 Å². The maximum atomic E-state index is 12.5. The molecule has 1 amide bonds. The molecule has 0 aromatic carbocycles. The highest BCUT2D eigenvalue weighted by molar-refractivity contribution is 5.83. The number of hydrogen-bond donors (Lipinski definition) is 1. The summed E-state index contributed by atoms with van der Waals surface area (Å²) < 4.78 is 0. The average molecular weight is 238 g/mol. The van der Waals surface area contributed by atoms with E-state index >= 15 is 0 Å². The van der Waals surface area contributed by atoms with E-state index < -0.39 is 0 Å². The second-order valence-corrected chi connectivity index (χ2v) is 6.22. The molecule has 3 nitrogen and oxygen atoms in total. The number of likely N-dealkylation sites (tertiary alicyclic amines) is 1. The summed E-state index contributed by atoms with van der Waals surface area (Å²) in [6.07, 6.45) is 5.62. The predicted octanol–water partition coefficient (Wildman–Crippen LogP) is 2.15. The van der Waals surface area contributed by atoms with Gasteiger partial charge in [0.05, 0.1) is 0 Å². The van der Waals surface area contributed by atoms with Crippen molar-refractivity contribution in [3.63, 3.8) is 0 Å². The summed E-state index contributed by atoms with van der Waals surface area (Å²) >= 11 is 0. The quantitative estimate of drug-likeness (QED) is 0.819. The van der Waals surface area contributed by atoms with Crippen molar-refractivity contribution in [2.24, 2.45) is 17.1 Å². The Morgan fingerprint density at radius 3 is 2.76 bits per heavy atom. The molecule has 1 heterocycles. The van der Waals surface area contributed by atoms with Crippen LogP contribution in [0.15, 0.2) is 0 Å². The topological polar surface area (TPSA) is 46.3 Å². The lowest BCUT2D eigenvalue weighted by molar-refractivity contribution is -0.137. The van der Waals surface area contributed by atoms with E-state index in [9.17, 15) is 4.79 Å². The van der Waals surface area contributed by atoms with Crippen molar-refractivity contribution in [1.82, 2.24) is 4.90 Å². The monoisotopic (exact) mass is 238 g/mol. The van der Waals surface area contributed by atoms with Crippen LogP contribution < -0.4 is 5.73 Å². The molecular weight excluding hydrogens is 212 g/mol.